The lowest BCUT2D eigenvalue weighted by Crippen LogP contribution is -2.14. The van der Waals surface area contributed by atoms with Crippen molar-refractivity contribution >= 4 is 34.2 Å². The van der Waals surface area contributed by atoms with Gasteiger partial charge in [-0.15, -0.1) is 0 Å². The van der Waals surface area contributed by atoms with E-state index in [1.165, 1.54) is 24.4 Å². The number of hydrogen-bond acceptors (Lipinski definition) is 3. The topological polar surface area (TPSA) is 59.8 Å². The van der Waals surface area contributed by atoms with Gasteiger partial charge in [0.25, 0.3) is 5.91 Å². The van der Waals surface area contributed by atoms with Crippen molar-refractivity contribution in [2.24, 2.45) is 0 Å². The Hall–Kier alpha value is -3.25. The van der Waals surface area contributed by atoms with E-state index in [0.717, 1.165) is 11.0 Å². The lowest BCUT2D eigenvalue weighted by atomic mass is 10.2. The first-order chi connectivity index (χ1) is 12.6. The second kappa shape index (κ2) is 6.57. The molecule has 1 amide bonds. The van der Waals surface area contributed by atoms with Gasteiger partial charge < -0.3 is 5.32 Å². The summed E-state index contributed by atoms with van der Waals surface area (Å²) in [4.78, 5) is 20.9. The van der Waals surface area contributed by atoms with E-state index in [4.69, 9.17) is 11.6 Å². The molecule has 0 saturated carbocycles. The number of rotatable bonds is 3. The van der Waals surface area contributed by atoms with Gasteiger partial charge in [-0.1, -0.05) is 29.8 Å². The number of carbonyl (C=O) groups excluding carboxylic acids is 1. The Bertz CT molecular complexity index is 1090. The van der Waals surface area contributed by atoms with Crippen LogP contribution in [0.1, 0.15) is 10.4 Å². The molecule has 0 unspecified atom stereocenters. The van der Waals surface area contributed by atoms with Gasteiger partial charge in [0.05, 0.1) is 33.5 Å². The number of nitrogens with one attached hydrogen (secondary N) is 1. The number of carbonyl (C=O) groups is 1. The van der Waals surface area contributed by atoms with Crippen molar-refractivity contribution in [3.8, 4) is 5.82 Å². The van der Waals surface area contributed by atoms with Gasteiger partial charge in [0.1, 0.15) is 18.0 Å². The highest BCUT2D eigenvalue weighted by atomic mass is 35.5. The number of amides is 1. The van der Waals surface area contributed by atoms with E-state index in [1.54, 1.807) is 18.5 Å². The van der Waals surface area contributed by atoms with E-state index in [0.29, 0.717) is 11.5 Å². The maximum atomic E-state index is 13.8. The van der Waals surface area contributed by atoms with E-state index in [2.05, 4.69) is 15.3 Å². The average molecular weight is 367 g/mol. The first-order valence-electron chi connectivity index (χ1n) is 7.77. The van der Waals surface area contributed by atoms with Crippen LogP contribution in [0.25, 0.3) is 16.9 Å². The molecular weight excluding hydrogens is 355 g/mol. The number of halogens is 2. The van der Waals surface area contributed by atoms with E-state index in [1.807, 2.05) is 28.8 Å². The van der Waals surface area contributed by atoms with Gasteiger partial charge in [-0.2, -0.15) is 0 Å². The standard InChI is InChI=1S/C19H12ClFN4O/c20-13-4-3-5-14(21)18(13)19(26)24-12-8-9-17(22-10-12)25-11-23-15-6-1-2-7-16(15)25/h1-11H,(H,24,26). The van der Waals surface area contributed by atoms with Crippen molar-refractivity contribution in [2.75, 3.05) is 5.32 Å². The molecule has 26 heavy (non-hydrogen) atoms. The summed E-state index contributed by atoms with van der Waals surface area (Å²) < 4.78 is 15.7. The van der Waals surface area contributed by atoms with Gasteiger partial charge in [-0.3, -0.25) is 9.36 Å². The van der Waals surface area contributed by atoms with Crippen LogP contribution in [0, 0.1) is 5.82 Å². The summed E-state index contributed by atoms with van der Waals surface area (Å²) in [6.45, 7) is 0. The molecule has 2 aromatic heterocycles. The lowest BCUT2D eigenvalue weighted by molar-refractivity contribution is 0.102. The number of aromatic nitrogens is 3. The maximum absolute atomic E-state index is 13.8. The summed E-state index contributed by atoms with van der Waals surface area (Å²) in [5.41, 5.74) is 2.03. The van der Waals surface area contributed by atoms with Crippen LogP contribution in [0.4, 0.5) is 10.1 Å². The zero-order valence-electron chi connectivity index (χ0n) is 13.4. The summed E-state index contributed by atoms with van der Waals surface area (Å²) in [5.74, 6) is -0.652. The summed E-state index contributed by atoms with van der Waals surface area (Å²) in [7, 11) is 0. The second-order valence-electron chi connectivity index (χ2n) is 5.56. The monoisotopic (exact) mass is 366 g/mol. The largest absolute Gasteiger partial charge is 0.320 e. The third-order valence-corrected chi connectivity index (χ3v) is 4.21. The predicted molar refractivity (Wildman–Crippen MR) is 98.2 cm³/mol. The van der Waals surface area contributed by atoms with Crippen molar-refractivity contribution in [2.45, 2.75) is 0 Å². The molecule has 1 N–H and O–H groups in total. The SMILES string of the molecule is O=C(Nc1ccc(-n2cnc3ccccc32)nc1)c1c(F)cccc1Cl. The van der Waals surface area contributed by atoms with E-state index < -0.39 is 11.7 Å². The van der Waals surface area contributed by atoms with Crippen molar-refractivity contribution in [1.29, 1.82) is 0 Å². The molecular formula is C19H12ClFN4O. The van der Waals surface area contributed by atoms with Crippen molar-refractivity contribution in [3.05, 3.63) is 83.5 Å². The zero-order chi connectivity index (χ0) is 18.1. The molecule has 2 aromatic carbocycles. The van der Waals surface area contributed by atoms with Crippen LogP contribution in [0.3, 0.4) is 0 Å². The van der Waals surface area contributed by atoms with Gasteiger partial charge in [-0.25, -0.2) is 14.4 Å². The third-order valence-electron chi connectivity index (χ3n) is 3.90. The van der Waals surface area contributed by atoms with Crippen LogP contribution in [0.5, 0.6) is 0 Å². The molecule has 4 rings (SSSR count). The predicted octanol–water partition coefficient (Wildman–Crippen LogP) is 4.47. The highest BCUT2D eigenvalue weighted by Crippen LogP contribution is 2.21. The minimum atomic E-state index is -0.676. The summed E-state index contributed by atoms with van der Waals surface area (Å²) in [6.07, 6.45) is 3.18. The molecule has 0 spiro atoms. The van der Waals surface area contributed by atoms with Crippen LogP contribution < -0.4 is 5.32 Å². The number of para-hydroxylation sites is 2. The molecule has 4 aromatic rings. The number of anilines is 1. The first kappa shape index (κ1) is 16.2. The van der Waals surface area contributed by atoms with Crippen LogP contribution >= 0.6 is 11.6 Å². The van der Waals surface area contributed by atoms with E-state index in [9.17, 15) is 9.18 Å². The fraction of sp³-hybridized carbons (Fsp3) is 0. The van der Waals surface area contributed by atoms with Crippen LogP contribution in [-0.2, 0) is 0 Å². The minimum Gasteiger partial charge on any atom is -0.320 e. The first-order valence-corrected chi connectivity index (χ1v) is 8.15. The number of benzene rings is 2. The quantitative estimate of drug-likeness (QED) is 0.582. The third kappa shape index (κ3) is 2.91. The van der Waals surface area contributed by atoms with Gasteiger partial charge in [-0.05, 0) is 36.4 Å². The molecule has 2 heterocycles. The zero-order valence-corrected chi connectivity index (χ0v) is 14.1. The molecule has 0 aliphatic rings. The number of hydrogen-bond donors (Lipinski definition) is 1. The minimum absolute atomic E-state index is 0.0527. The van der Waals surface area contributed by atoms with Crippen LogP contribution in [-0.4, -0.2) is 20.4 Å². The van der Waals surface area contributed by atoms with E-state index >= 15 is 0 Å². The fourth-order valence-corrected chi connectivity index (χ4v) is 2.90. The normalized spacial score (nSPS) is 10.8. The second-order valence-corrected chi connectivity index (χ2v) is 5.97. The van der Waals surface area contributed by atoms with Crippen molar-refractivity contribution in [1.82, 2.24) is 14.5 Å². The van der Waals surface area contributed by atoms with Gasteiger partial charge in [0.15, 0.2) is 0 Å². The molecule has 0 fully saturated rings. The Balaban J connectivity index is 1.59. The van der Waals surface area contributed by atoms with Gasteiger partial charge in [0.2, 0.25) is 0 Å². The molecule has 7 heteroatoms. The number of nitrogens with zero attached hydrogens (tertiary/aromatic N) is 3. The highest BCUT2D eigenvalue weighted by molar-refractivity contribution is 6.34. The maximum Gasteiger partial charge on any atom is 0.260 e. The smallest absolute Gasteiger partial charge is 0.260 e. The Morgan fingerprint density at radius 3 is 2.65 bits per heavy atom. The summed E-state index contributed by atoms with van der Waals surface area (Å²) >= 11 is 5.91. The molecule has 0 bridgehead atoms. The molecule has 0 saturated heterocycles. The highest BCUT2D eigenvalue weighted by Gasteiger charge is 2.16. The summed E-state index contributed by atoms with van der Waals surface area (Å²) in [6, 6.07) is 15.2. The van der Waals surface area contributed by atoms with Gasteiger partial charge >= 0.3 is 0 Å². The molecule has 0 radical (unpaired) electrons. The Morgan fingerprint density at radius 2 is 1.88 bits per heavy atom. The molecule has 0 atom stereocenters. The fourth-order valence-electron chi connectivity index (χ4n) is 2.65. The lowest BCUT2D eigenvalue weighted by Gasteiger charge is -2.08. The number of fused-ring (bicyclic) bond motifs is 1. The van der Waals surface area contributed by atoms with Crippen LogP contribution in [0.15, 0.2) is 67.1 Å². The van der Waals surface area contributed by atoms with Crippen molar-refractivity contribution in [3.63, 3.8) is 0 Å². The Labute approximate surface area is 153 Å². The molecule has 128 valence electrons. The van der Waals surface area contributed by atoms with Crippen molar-refractivity contribution < 1.29 is 9.18 Å². The number of pyridine rings is 1. The Morgan fingerprint density at radius 1 is 1.04 bits per heavy atom. The molecule has 0 aliphatic carbocycles. The molecule has 5 nitrogen and oxygen atoms in total. The summed E-state index contributed by atoms with van der Waals surface area (Å²) in [5, 5.41) is 2.65. The van der Waals surface area contributed by atoms with E-state index in [-0.39, 0.29) is 10.6 Å². The average Bonchev–Trinajstić information content (AvgIpc) is 3.06. The van der Waals surface area contributed by atoms with Gasteiger partial charge in [0, 0.05) is 0 Å². The molecule has 0 aliphatic heterocycles. The number of imidazole rings is 1. The van der Waals surface area contributed by atoms with Crippen LogP contribution in [0.2, 0.25) is 5.02 Å². The Kier molecular flexibility index (Phi) is 4.10.